The predicted molar refractivity (Wildman–Crippen MR) is 74.3 cm³/mol. The van der Waals surface area contributed by atoms with E-state index in [2.05, 4.69) is 6.92 Å². The van der Waals surface area contributed by atoms with E-state index in [0.717, 1.165) is 24.1 Å². The second-order valence-corrected chi connectivity index (χ2v) is 5.68. The van der Waals surface area contributed by atoms with Gasteiger partial charge in [0.1, 0.15) is 0 Å². The SMILES string of the molecule is CCCc1c(CC)c(=O)n(C(C)(C)C)c(=O)n1C. The molecule has 0 aliphatic heterocycles. The van der Waals surface area contributed by atoms with Gasteiger partial charge in [0.2, 0.25) is 0 Å². The van der Waals surface area contributed by atoms with Crippen molar-refractivity contribution in [3.8, 4) is 0 Å². The largest absolute Gasteiger partial charge is 0.331 e. The molecule has 0 fully saturated rings. The fraction of sp³-hybridized carbons (Fsp3) is 0.714. The molecule has 0 aliphatic carbocycles. The summed E-state index contributed by atoms with van der Waals surface area (Å²) in [5.41, 5.74) is 0.828. The highest BCUT2D eigenvalue weighted by molar-refractivity contribution is 5.19. The molecule has 1 heterocycles. The highest BCUT2D eigenvalue weighted by Gasteiger charge is 2.23. The normalized spacial score (nSPS) is 11.9. The first-order chi connectivity index (χ1) is 8.25. The fourth-order valence-corrected chi connectivity index (χ4v) is 2.32. The van der Waals surface area contributed by atoms with Crippen LogP contribution in [0.5, 0.6) is 0 Å². The second-order valence-electron chi connectivity index (χ2n) is 5.68. The fourth-order valence-electron chi connectivity index (χ4n) is 2.32. The number of hydrogen-bond donors (Lipinski definition) is 0. The molecule has 0 saturated carbocycles. The van der Waals surface area contributed by atoms with Crippen LogP contribution in [0.15, 0.2) is 9.59 Å². The van der Waals surface area contributed by atoms with Crippen LogP contribution in [0.4, 0.5) is 0 Å². The third kappa shape index (κ3) is 2.42. The smallest absolute Gasteiger partial charge is 0.300 e. The van der Waals surface area contributed by atoms with Crippen molar-refractivity contribution in [2.45, 2.75) is 59.4 Å². The van der Waals surface area contributed by atoms with E-state index in [1.807, 2.05) is 27.7 Å². The molecule has 4 heteroatoms. The summed E-state index contributed by atoms with van der Waals surface area (Å²) in [6.07, 6.45) is 2.37. The van der Waals surface area contributed by atoms with E-state index in [0.29, 0.717) is 6.42 Å². The molecule has 1 rings (SSSR count). The van der Waals surface area contributed by atoms with Crippen molar-refractivity contribution in [1.82, 2.24) is 9.13 Å². The van der Waals surface area contributed by atoms with E-state index in [9.17, 15) is 9.59 Å². The first-order valence-electron chi connectivity index (χ1n) is 6.59. The van der Waals surface area contributed by atoms with Crippen molar-refractivity contribution in [2.24, 2.45) is 7.05 Å². The molecule has 1 aromatic heterocycles. The van der Waals surface area contributed by atoms with Crippen LogP contribution in [-0.4, -0.2) is 9.13 Å². The maximum Gasteiger partial charge on any atom is 0.331 e. The highest BCUT2D eigenvalue weighted by atomic mass is 16.2. The number of nitrogens with zero attached hydrogens (tertiary/aromatic N) is 2. The van der Waals surface area contributed by atoms with Gasteiger partial charge >= 0.3 is 5.69 Å². The third-order valence-electron chi connectivity index (χ3n) is 3.20. The highest BCUT2D eigenvalue weighted by Crippen LogP contribution is 2.11. The summed E-state index contributed by atoms with van der Waals surface area (Å²) < 4.78 is 3.00. The molecule has 102 valence electrons. The molecule has 0 amide bonds. The van der Waals surface area contributed by atoms with Gasteiger partial charge in [0.15, 0.2) is 0 Å². The van der Waals surface area contributed by atoms with Gasteiger partial charge in [-0.25, -0.2) is 4.79 Å². The van der Waals surface area contributed by atoms with Crippen molar-refractivity contribution in [2.75, 3.05) is 0 Å². The molecule has 4 nitrogen and oxygen atoms in total. The molecule has 0 bridgehead atoms. The third-order valence-corrected chi connectivity index (χ3v) is 3.20. The van der Waals surface area contributed by atoms with Gasteiger partial charge in [-0.05, 0) is 33.6 Å². The van der Waals surface area contributed by atoms with E-state index >= 15 is 0 Å². The zero-order valence-electron chi connectivity index (χ0n) is 12.3. The number of aromatic nitrogens is 2. The van der Waals surface area contributed by atoms with E-state index < -0.39 is 5.54 Å². The quantitative estimate of drug-likeness (QED) is 0.823. The van der Waals surface area contributed by atoms with Crippen molar-refractivity contribution in [3.05, 3.63) is 32.1 Å². The molecular weight excluding hydrogens is 228 g/mol. The summed E-state index contributed by atoms with van der Waals surface area (Å²) in [4.78, 5) is 24.8. The Labute approximate surface area is 108 Å². The number of rotatable bonds is 3. The first-order valence-corrected chi connectivity index (χ1v) is 6.59. The van der Waals surface area contributed by atoms with Gasteiger partial charge in [-0.2, -0.15) is 0 Å². The van der Waals surface area contributed by atoms with E-state index in [4.69, 9.17) is 0 Å². The van der Waals surface area contributed by atoms with Crippen LogP contribution in [0.2, 0.25) is 0 Å². The van der Waals surface area contributed by atoms with E-state index in [1.54, 1.807) is 11.6 Å². The van der Waals surface area contributed by atoms with Crippen molar-refractivity contribution < 1.29 is 0 Å². The minimum atomic E-state index is -0.486. The van der Waals surface area contributed by atoms with Crippen molar-refractivity contribution in [1.29, 1.82) is 0 Å². The lowest BCUT2D eigenvalue weighted by molar-refractivity contribution is 0.353. The van der Waals surface area contributed by atoms with E-state index in [1.165, 1.54) is 4.57 Å². The summed E-state index contributed by atoms with van der Waals surface area (Å²) in [5.74, 6) is 0. The van der Waals surface area contributed by atoms with E-state index in [-0.39, 0.29) is 11.2 Å². The molecule has 0 unspecified atom stereocenters. The minimum Gasteiger partial charge on any atom is -0.300 e. The summed E-state index contributed by atoms with van der Waals surface area (Å²) in [6, 6.07) is 0. The van der Waals surface area contributed by atoms with Crippen LogP contribution < -0.4 is 11.2 Å². The molecule has 0 saturated heterocycles. The number of hydrogen-bond acceptors (Lipinski definition) is 2. The van der Waals surface area contributed by atoms with Crippen LogP contribution in [-0.2, 0) is 25.4 Å². The van der Waals surface area contributed by atoms with Gasteiger partial charge in [-0.1, -0.05) is 20.3 Å². The maximum absolute atomic E-state index is 12.5. The van der Waals surface area contributed by atoms with Gasteiger partial charge in [-0.15, -0.1) is 0 Å². The van der Waals surface area contributed by atoms with Crippen molar-refractivity contribution in [3.63, 3.8) is 0 Å². The Bertz CT molecular complexity index is 545. The molecule has 18 heavy (non-hydrogen) atoms. The zero-order chi connectivity index (χ0) is 14.1. The molecule has 0 N–H and O–H groups in total. The monoisotopic (exact) mass is 252 g/mol. The Hall–Kier alpha value is -1.32. The lowest BCUT2D eigenvalue weighted by atomic mass is 10.1. The lowest BCUT2D eigenvalue weighted by Crippen LogP contribution is -2.49. The van der Waals surface area contributed by atoms with Gasteiger partial charge in [0.25, 0.3) is 5.56 Å². The summed E-state index contributed by atoms with van der Waals surface area (Å²) in [6.45, 7) is 9.67. The Kier molecular flexibility index (Phi) is 4.20. The molecule has 0 atom stereocenters. The molecule has 0 aliphatic rings. The van der Waals surface area contributed by atoms with Gasteiger partial charge in [-0.3, -0.25) is 9.36 Å². The molecule has 0 radical (unpaired) electrons. The standard InChI is InChI=1S/C14H24N2O2/c1-7-9-11-10(8-2)12(17)16(14(3,4)5)13(18)15(11)6/h7-9H2,1-6H3. The molecule has 1 aromatic rings. The second kappa shape index (κ2) is 5.12. The summed E-state index contributed by atoms with van der Waals surface area (Å²) >= 11 is 0. The summed E-state index contributed by atoms with van der Waals surface area (Å²) in [5, 5.41) is 0. The average Bonchev–Trinajstić information content (AvgIpc) is 2.24. The van der Waals surface area contributed by atoms with Gasteiger partial charge in [0, 0.05) is 23.8 Å². The van der Waals surface area contributed by atoms with Crippen LogP contribution in [0, 0.1) is 0 Å². The Morgan fingerprint density at radius 3 is 2.06 bits per heavy atom. The average molecular weight is 252 g/mol. The predicted octanol–water partition coefficient (Wildman–Crippen LogP) is 1.82. The lowest BCUT2D eigenvalue weighted by Gasteiger charge is -2.24. The van der Waals surface area contributed by atoms with Crippen LogP contribution in [0.3, 0.4) is 0 Å². The topological polar surface area (TPSA) is 44.0 Å². The first kappa shape index (κ1) is 14.7. The van der Waals surface area contributed by atoms with Crippen LogP contribution >= 0.6 is 0 Å². The van der Waals surface area contributed by atoms with Crippen molar-refractivity contribution >= 4 is 0 Å². The van der Waals surface area contributed by atoms with Crippen LogP contribution in [0.25, 0.3) is 0 Å². The molecule has 0 aromatic carbocycles. The molecular formula is C14H24N2O2. The van der Waals surface area contributed by atoms with Gasteiger partial charge < -0.3 is 4.57 Å². The molecule has 0 spiro atoms. The minimum absolute atomic E-state index is 0.128. The summed E-state index contributed by atoms with van der Waals surface area (Å²) in [7, 11) is 1.76. The Morgan fingerprint density at radius 2 is 1.67 bits per heavy atom. The maximum atomic E-state index is 12.5. The zero-order valence-corrected chi connectivity index (χ0v) is 12.3. The Morgan fingerprint density at radius 1 is 1.11 bits per heavy atom. The van der Waals surface area contributed by atoms with Gasteiger partial charge in [0.05, 0.1) is 0 Å². The Balaban J connectivity index is 3.77. The van der Waals surface area contributed by atoms with Crippen LogP contribution in [0.1, 0.15) is 52.3 Å².